The van der Waals surface area contributed by atoms with Crippen molar-refractivity contribution < 1.29 is 14.3 Å². The van der Waals surface area contributed by atoms with E-state index in [9.17, 15) is 19.1 Å². The summed E-state index contributed by atoms with van der Waals surface area (Å²) in [6.45, 7) is 0.963. The van der Waals surface area contributed by atoms with E-state index in [1.807, 2.05) is 24.3 Å². The number of halogens is 1. The van der Waals surface area contributed by atoms with Crippen molar-refractivity contribution in [1.29, 1.82) is 0 Å². The third kappa shape index (κ3) is 4.09. The van der Waals surface area contributed by atoms with Crippen molar-refractivity contribution in [2.24, 2.45) is 11.8 Å². The van der Waals surface area contributed by atoms with Crippen LogP contribution in [0.1, 0.15) is 17.3 Å². The third-order valence-electron chi connectivity index (χ3n) is 7.53. The van der Waals surface area contributed by atoms with Crippen LogP contribution in [0.4, 0.5) is 4.39 Å². The molecule has 1 amide bonds. The molecule has 0 unspecified atom stereocenters. The van der Waals surface area contributed by atoms with Crippen LogP contribution in [0.3, 0.4) is 0 Å². The van der Waals surface area contributed by atoms with Gasteiger partial charge in [0, 0.05) is 57.0 Å². The van der Waals surface area contributed by atoms with Crippen molar-refractivity contribution in [3.05, 3.63) is 94.2 Å². The van der Waals surface area contributed by atoms with E-state index in [0.717, 1.165) is 12.1 Å². The Bertz CT molecular complexity index is 1290. The number of hydrogen-bond acceptors (Lipinski definition) is 4. The van der Waals surface area contributed by atoms with E-state index in [1.165, 1.54) is 17.7 Å². The molecule has 1 fully saturated rings. The largest absolute Gasteiger partial charge is 0.396 e. The average molecular weight is 476 g/mol. The van der Waals surface area contributed by atoms with Crippen LogP contribution in [0.5, 0.6) is 0 Å². The fourth-order valence-electron chi connectivity index (χ4n) is 5.89. The lowest BCUT2D eigenvalue weighted by Gasteiger charge is -2.38. The molecule has 6 nitrogen and oxygen atoms in total. The molecule has 1 N–H and O–H groups in total. The lowest BCUT2D eigenvalue weighted by molar-refractivity contribution is -0.135. The Kier molecular flexibility index (Phi) is 6.30. The predicted molar refractivity (Wildman–Crippen MR) is 132 cm³/mol. The van der Waals surface area contributed by atoms with Crippen LogP contribution in [0.25, 0.3) is 11.1 Å². The molecule has 2 aromatic carbocycles. The monoisotopic (exact) mass is 475 g/mol. The van der Waals surface area contributed by atoms with Crippen LogP contribution in [0, 0.1) is 17.7 Å². The Labute approximate surface area is 204 Å². The third-order valence-corrected chi connectivity index (χ3v) is 7.53. The topological polar surface area (TPSA) is 65.8 Å². The number of carbonyl (C=O) groups is 1. The molecule has 4 atom stereocenters. The van der Waals surface area contributed by atoms with Crippen molar-refractivity contribution >= 4 is 5.91 Å². The molecule has 3 heterocycles. The van der Waals surface area contributed by atoms with Gasteiger partial charge < -0.3 is 14.6 Å². The Morgan fingerprint density at radius 2 is 1.86 bits per heavy atom. The molecule has 2 bridgehead atoms. The molecule has 1 saturated heterocycles. The van der Waals surface area contributed by atoms with Gasteiger partial charge in [-0.15, -0.1) is 0 Å². The summed E-state index contributed by atoms with van der Waals surface area (Å²) in [4.78, 5) is 30.8. The average Bonchev–Trinajstić information content (AvgIpc) is 3.07. The summed E-state index contributed by atoms with van der Waals surface area (Å²) in [5.74, 6) is -1.18. The summed E-state index contributed by atoms with van der Waals surface area (Å²) in [5.41, 5.74) is 2.74. The number of benzene rings is 2. The SMILES string of the molecule is CN(C)C(=O)[C@H]1[C@H](CO)[C@H]2Cn3c(ccc(-c4cccc(F)c4)c3=O)[C@@H]1N2CCc1ccccc1. The van der Waals surface area contributed by atoms with Crippen molar-refractivity contribution in [1.82, 2.24) is 14.4 Å². The lowest BCUT2D eigenvalue weighted by atomic mass is 9.86. The maximum absolute atomic E-state index is 13.9. The molecule has 3 aromatic rings. The number of rotatable bonds is 6. The summed E-state index contributed by atoms with van der Waals surface area (Å²) >= 11 is 0. The van der Waals surface area contributed by atoms with Gasteiger partial charge in [-0.05, 0) is 41.8 Å². The van der Waals surface area contributed by atoms with Crippen molar-refractivity contribution in [3.8, 4) is 11.1 Å². The molecule has 0 aliphatic carbocycles. The van der Waals surface area contributed by atoms with Crippen molar-refractivity contribution in [3.63, 3.8) is 0 Å². The first-order valence-corrected chi connectivity index (χ1v) is 12.0. The number of pyridine rings is 1. The Hall–Kier alpha value is -3.29. The van der Waals surface area contributed by atoms with E-state index in [-0.39, 0.29) is 36.1 Å². The summed E-state index contributed by atoms with van der Waals surface area (Å²) in [6.07, 6.45) is 0.806. The zero-order valence-electron chi connectivity index (χ0n) is 20.0. The maximum Gasteiger partial charge on any atom is 0.258 e. The van der Waals surface area contributed by atoms with Crippen LogP contribution in [-0.4, -0.2) is 58.7 Å². The molecule has 1 aromatic heterocycles. The zero-order chi connectivity index (χ0) is 24.7. The van der Waals surface area contributed by atoms with Crippen molar-refractivity contribution in [2.45, 2.75) is 25.0 Å². The minimum absolute atomic E-state index is 0.0450. The van der Waals surface area contributed by atoms with Gasteiger partial charge in [-0.1, -0.05) is 42.5 Å². The first-order chi connectivity index (χ1) is 16.9. The molecule has 0 radical (unpaired) electrons. The molecule has 2 aliphatic rings. The Morgan fingerprint density at radius 3 is 2.54 bits per heavy atom. The first kappa shape index (κ1) is 23.5. The second-order valence-corrected chi connectivity index (χ2v) is 9.69. The van der Waals surface area contributed by atoms with Gasteiger partial charge in [0.2, 0.25) is 5.91 Å². The number of aliphatic hydroxyl groups excluding tert-OH is 1. The molecule has 35 heavy (non-hydrogen) atoms. The van der Waals surface area contributed by atoms with Gasteiger partial charge in [-0.2, -0.15) is 0 Å². The van der Waals surface area contributed by atoms with Crippen LogP contribution < -0.4 is 5.56 Å². The Morgan fingerprint density at radius 1 is 1.09 bits per heavy atom. The van der Waals surface area contributed by atoms with Gasteiger partial charge in [-0.25, -0.2) is 4.39 Å². The maximum atomic E-state index is 13.9. The van der Waals surface area contributed by atoms with Gasteiger partial charge >= 0.3 is 0 Å². The number of aromatic nitrogens is 1. The van der Waals surface area contributed by atoms with E-state index in [0.29, 0.717) is 24.2 Å². The molecule has 182 valence electrons. The van der Waals surface area contributed by atoms with Gasteiger partial charge in [0.25, 0.3) is 5.56 Å². The van der Waals surface area contributed by atoms with Crippen LogP contribution in [0.15, 0.2) is 71.5 Å². The first-order valence-electron chi connectivity index (χ1n) is 12.0. The van der Waals surface area contributed by atoms with Gasteiger partial charge in [0.1, 0.15) is 5.82 Å². The molecule has 0 saturated carbocycles. The lowest BCUT2D eigenvalue weighted by Crippen LogP contribution is -2.47. The second-order valence-electron chi connectivity index (χ2n) is 9.69. The molecule has 0 spiro atoms. The number of aliphatic hydroxyl groups is 1. The van der Waals surface area contributed by atoms with Gasteiger partial charge in [0.05, 0.1) is 12.0 Å². The normalized spacial score (nSPS) is 23.2. The van der Waals surface area contributed by atoms with Gasteiger partial charge in [-0.3, -0.25) is 14.5 Å². The van der Waals surface area contributed by atoms with Crippen LogP contribution >= 0.6 is 0 Å². The molecule has 5 rings (SSSR count). The predicted octanol–water partition coefficient (Wildman–Crippen LogP) is 2.95. The van der Waals surface area contributed by atoms with Gasteiger partial charge in [0.15, 0.2) is 0 Å². The standard InChI is InChI=1S/C28H30FN3O3/c1-30(2)28(35)25-22(17-33)24-16-32-23(26(25)31(24)14-13-18-7-4-3-5-8-18)12-11-21(27(32)34)19-9-6-10-20(29)15-19/h3-12,15,22,24-26,33H,13-14,16-17H2,1-2H3/t22-,24-,25+,26+/m1/s1. The summed E-state index contributed by atoms with van der Waals surface area (Å²) in [5, 5.41) is 10.4. The van der Waals surface area contributed by atoms with Crippen molar-refractivity contribution in [2.75, 3.05) is 27.2 Å². The highest BCUT2D eigenvalue weighted by atomic mass is 19.1. The highest BCUT2D eigenvalue weighted by Crippen LogP contribution is 2.48. The van der Waals surface area contributed by atoms with E-state index >= 15 is 0 Å². The number of amides is 1. The summed E-state index contributed by atoms with van der Waals surface area (Å²) < 4.78 is 15.6. The quantitative estimate of drug-likeness (QED) is 0.596. The fourth-order valence-corrected chi connectivity index (χ4v) is 5.89. The highest BCUT2D eigenvalue weighted by Gasteiger charge is 2.55. The number of hydrogen-bond donors (Lipinski definition) is 1. The molecular formula is C28H30FN3O3. The number of fused-ring (bicyclic) bond motifs is 4. The van der Waals surface area contributed by atoms with E-state index < -0.39 is 11.7 Å². The van der Waals surface area contributed by atoms with Crippen LogP contribution in [0.2, 0.25) is 0 Å². The smallest absolute Gasteiger partial charge is 0.258 e. The number of carbonyl (C=O) groups excluding carboxylic acids is 1. The fraction of sp³-hybridized carbons (Fsp3) is 0.357. The minimum Gasteiger partial charge on any atom is -0.396 e. The molecule has 2 aliphatic heterocycles. The zero-order valence-corrected chi connectivity index (χ0v) is 20.0. The van der Waals surface area contributed by atoms with E-state index in [2.05, 4.69) is 17.0 Å². The number of nitrogens with zero attached hydrogens (tertiary/aromatic N) is 3. The molecular weight excluding hydrogens is 445 g/mol. The summed E-state index contributed by atoms with van der Waals surface area (Å²) in [6, 6.07) is 19.4. The van der Waals surface area contributed by atoms with E-state index in [1.54, 1.807) is 41.8 Å². The minimum atomic E-state index is -0.455. The highest BCUT2D eigenvalue weighted by molar-refractivity contribution is 5.80. The Balaban J connectivity index is 1.59. The second kappa shape index (κ2) is 9.40. The van der Waals surface area contributed by atoms with Crippen LogP contribution in [-0.2, 0) is 17.8 Å². The molecule has 7 heteroatoms. The summed E-state index contributed by atoms with van der Waals surface area (Å²) in [7, 11) is 3.46. The van der Waals surface area contributed by atoms with E-state index in [4.69, 9.17) is 0 Å².